The molecule has 0 atom stereocenters. The molecule has 0 aliphatic heterocycles. The smallest absolute Gasteiger partial charge is 0.487 e. The number of para-hydroxylation sites is 1. The lowest BCUT2D eigenvalue weighted by Gasteiger charge is -2.14. The van der Waals surface area contributed by atoms with Gasteiger partial charge in [0.05, 0.1) is 5.69 Å². The average Bonchev–Trinajstić information content (AvgIpc) is 3.57. The summed E-state index contributed by atoms with van der Waals surface area (Å²) < 4.78 is 50.1. The van der Waals surface area contributed by atoms with Crippen molar-refractivity contribution in [3.8, 4) is 11.5 Å². The van der Waals surface area contributed by atoms with Gasteiger partial charge in [0.2, 0.25) is 0 Å². The Morgan fingerprint density at radius 3 is 2.46 bits per heavy atom. The molecule has 1 fully saturated rings. The van der Waals surface area contributed by atoms with Crippen molar-refractivity contribution in [2.24, 2.45) is 0 Å². The molecule has 1 saturated carbocycles. The quantitative estimate of drug-likeness (QED) is 0.334. The fourth-order valence-corrected chi connectivity index (χ4v) is 3.97. The maximum absolute atomic E-state index is 12.7. The van der Waals surface area contributed by atoms with E-state index in [1.807, 2.05) is 53.1 Å². The molecule has 8 heteroatoms. The minimum atomic E-state index is -4.76. The minimum absolute atomic E-state index is 0.110. The number of nitrogens with one attached hydrogen (secondary N) is 1. The summed E-state index contributed by atoms with van der Waals surface area (Å²) in [6.45, 7) is 0.556. The van der Waals surface area contributed by atoms with Crippen molar-refractivity contribution >= 4 is 16.8 Å². The molecule has 1 aliphatic carbocycles. The summed E-state index contributed by atoms with van der Waals surface area (Å²) in [6.07, 6.45) is -2.75. The molecule has 0 bridgehead atoms. The summed E-state index contributed by atoms with van der Waals surface area (Å²) in [7, 11) is 0. The van der Waals surface area contributed by atoms with E-state index in [9.17, 15) is 18.0 Å². The highest BCUT2D eigenvalue weighted by molar-refractivity contribution is 5.98. The topological polar surface area (TPSA) is 52.5 Å². The Kier molecular flexibility index (Phi) is 6.11. The molecule has 4 aromatic rings. The van der Waals surface area contributed by atoms with Crippen LogP contribution in [0.3, 0.4) is 0 Å². The van der Waals surface area contributed by atoms with Crippen molar-refractivity contribution in [2.45, 2.75) is 38.4 Å². The van der Waals surface area contributed by atoms with Gasteiger partial charge in [-0.05, 0) is 66.9 Å². The van der Waals surface area contributed by atoms with Gasteiger partial charge < -0.3 is 19.4 Å². The Morgan fingerprint density at radius 2 is 1.71 bits per heavy atom. The number of hydrogen-bond donors (Lipinski definition) is 1. The normalized spacial score (nSPS) is 13.6. The van der Waals surface area contributed by atoms with Crippen molar-refractivity contribution in [3.05, 3.63) is 95.7 Å². The lowest BCUT2D eigenvalue weighted by Crippen LogP contribution is -2.25. The third kappa shape index (κ3) is 5.77. The lowest BCUT2D eigenvalue weighted by atomic mass is 10.1. The zero-order valence-electron chi connectivity index (χ0n) is 18.7. The zero-order chi connectivity index (χ0) is 24.4. The van der Waals surface area contributed by atoms with Crippen molar-refractivity contribution in [1.82, 2.24) is 9.88 Å². The summed E-state index contributed by atoms with van der Waals surface area (Å²) in [6, 6.07) is 22.9. The van der Waals surface area contributed by atoms with Gasteiger partial charge in [0.1, 0.15) is 18.1 Å². The highest BCUT2D eigenvalue weighted by Gasteiger charge is 2.31. The molecule has 1 N–H and O–H groups in total. The first-order valence-electron chi connectivity index (χ1n) is 11.3. The first kappa shape index (κ1) is 22.8. The van der Waals surface area contributed by atoms with Crippen molar-refractivity contribution < 1.29 is 27.4 Å². The predicted molar refractivity (Wildman–Crippen MR) is 125 cm³/mol. The van der Waals surface area contributed by atoms with Crippen molar-refractivity contribution in [3.63, 3.8) is 0 Å². The van der Waals surface area contributed by atoms with Gasteiger partial charge >= 0.3 is 6.36 Å². The summed E-state index contributed by atoms with van der Waals surface area (Å²) in [5, 5.41) is 3.84. The number of benzene rings is 3. The van der Waals surface area contributed by atoms with E-state index in [0.29, 0.717) is 23.4 Å². The third-order valence-corrected chi connectivity index (χ3v) is 5.76. The minimum Gasteiger partial charge on any atom is -0.487 e. The van der Waals surface area contributed by atoms with Crippen LogP contribution in [0.15, 0.2) is 78.9 Å². The molecule has 0 radical (unpaired) electrons. The largest absolute Gasteiger partial charge is 0.573 e. The van der Waals surface area contributed by atoms with Crippen LogP contribution in [0, 0.1) is 0 Å². The molecule has 35 heavy (non-hydrogen) atoms. The SMILES string of the molecule is O=C(NC1CC1)c1ccc2c(c1)cc(COc1ccccc1)n2Cc1cccc(OC(F)(F)F)c1. The Hall–Kier alpha value is -3.94. The average molecular weight is 480 g/mol. The summed E-state index contributed by atoms with van der Waals surface area (Å²) in [4.78, 5) is 12.5. The van der Waals surface area contributed by atoms with E-state index in [1.165, 1.54) is 18.2 Å². The van der Waals surface area contributed by atoms with Crippen LogP contribution in [0.2, 0.25) is 0 Å². The number of amides is 1. The van der Waals surface area contributed by atoms with Crippen molar-refractivity contribution in [1.29, 1.82) is 0 Å². The number of halogens is 3. The van der Waals surface area contributed by atoms with E-state index in [2.05, 4.69) is 10.1 Å². The number of hydrogen-bond acceptors (Lipinski definition) is 3. The first-order chi connectivity index (χ1) is 16.8. The number of rotatable bonds is 8. The lowest BCUT2D eigenvalue weighted by molar-refractivity contribution is -0.274. The van der Waals surface area contributed by atoms with Gasteiger partial charge in [-0.3, -0.25) is 4.79 Å². The molecule has 1 aromatic heterocycles. The zero-order valence-corrected chi connectivity index (χ0v) is 18.7. The summed E-state index contributed by atoms with van der Waals surface area (Å²) in [5.74, 6) is 0.322. The van der Waals surface area contributed by atoms with Gasteiger partial charge in [0.25, 0.3) is 5.91 Å². The van der Waals surface area contributed by atoms with Crippen LogP contribution in [-0.2, 0) is 13.2 Å². The maximum Gasteiger partial charge on any atom is 0.573 e. The Balaban J connectivity index is 1.46. The van der Waals surface area contributed by atoms with Gasteiger partial charge in [0, 0.05) is 29.1 Å². The first-order valence-corrected chi connectivity index (χ1v) is 11.3. The predicted octanol–water partition coefficient (Wildman–Crippen LogP) is 6.06. The van der Waals surface area contributed by atoms with Crippen LogP contribution in [0.4, 0.5) is 13.2 Å². The van der Waals surface area contributed by atoms with Gasteiger partial charge in [-0.2, -0.15) is 0 Å². The second kappa shape index (κ2) is 9.37. The van der Waals surface area contributed by atoms with Crippen LogP contribution >= 0.6 is 0 Å². The van der Waals surface area contributed by atoms with Gasteiger partial charge in [-0.15, -0.1) is 13.2 Å². The number of aromatic nitrogens is 1. The monoisotopic (exact) mass is 480 g/mol. The number of fused-ring (bicyclic) bond motifs is 1. The molecule has 180 valence electrons. The van der Waals surface area contributed by atoms with E-state index in [-0.39, 0.29) is 24.3 Å². The summed E-state index contributed by atoms with van der Waals surface area (Å²) in [5.41, 5.74) is 2.88. The van der Waals surface area contributed by atoms with Gasteiger partial charge in [0.15, 0.2) is 0 Å². The molecule has 1 aliphatic rings. The highest BCUT2D eigenvalue weighted by atomic mass is 19.4. The maximum atomic E-state index is 12.7. The second-order valence-corrected chi connectivity index (χ2v) is 8.54. The van der Waals surface area contributed by atoms with Crippen LogP contribution < -0.4 is 14.8 Å². The molecule has 1 amide bonds. The van der Waals surface area contributed by atoms with E-state index in [1.54, 1.807) is 12.1 Å². The number of carbonyl (C=O) groups is 1. The third-order valence-electron chi connectivity index (χ3n) is 5.76. The molecule has 3 aromatic carbocycles. The Labute approximate surface area is 200 Å². The Bertz CT molecular complexity index is 1350. The van der Waals surface area contributed by atoms with Crippen LogP contribution in [0.25, 0.3) is 10.9 Å². The van der Waals surface area contributed by atoms with Gasteiger partial charge in [-0.1, -0.05) is 30.3 Å². The van der Waals surface area contributed by atoms with E-state index < -0.39 is 6.36 Å². The van der Waals surface area contributed by atoms with E-state index >= 15 is 0 Å². The van der Waals surface area contributed by atoms with Crippen LogP contribution in [-0.4, -0.2) is 22.9 Å². The molecular formula is C27H23F3N2O3. The van der Waals surface area contributed by atoms with E-state index in [4.69, 9.17) is 4.74 Å². The molecule has 0 saturated heterocycles. The fourth-order valence-electron chi connectivity index (χ4n) is 3.97. The molecular weight excluding hydrogens is 457 g/mol. The number of nitrogens with zero attached hydrogens (tertiary/aromatic N) is 1. The molecule has 0 spiro atoms. The van der Waals surface area contributed by atoms with Gasteiger partial charge in [-0.25, -0.2) is 0 Å². The number of alkyl halides is 3. The molecule has 5 rings (SSSR count). The standard InChI is InChI=1S/C27H23F3N2O3/c28-27(29,30)35-24-8-4-5-18(13-24)16-32-22(17-34-23-6-2-1-3-7-23)15-20-14-19(9-12-25(20)32)26(33)31-21-10-11-21/h1-9,12-15,21H,10-11,16-17H2,(H,31,33). The molecule has 1 heterocycles. The van der Waals surface area contributed by atoms with Crippen molar-refractivity contribution in [2.75, 3.05) is 0 Å². The highest BCUT2D eigenvalue weighted by Crippen LogP contribution is 2.28. The van der Waals surface area contributed by atoms with Crippen LogP contribution in [0.5, 0.6) is 11.5 Å². The van der Waals surface area contributed by atoms with E-state index in [0.717, 1.165) is 29.4 Å². The van der Waals surface area contributed by atoms with Crippen LogP contribution in [0.1, 0.15) is 34.5 Å². The summed E-state index contributed by atoms with van der Waals surface area (Å²) >= 11 is 0. The second-order valence-electron chi connectivity index (χ2n) is 8.54. The molecule has 0 unspecified atom stereocenters. The fraction of sp³-hybridized carbons (Fsp3) is 0.222. The molecule has 5 nitrogen and oxygen atoms in total. The number of carbonyl (C=O) groups excluding carboxylic acids is 1. The Morgan fingerprint density at radius 1 is 0.943 bits per heavy atom. The number of ether oxygens (including phenoxy) is 2.